The van der Waals surface area contributed by atoms with Crippen LogP contribution in [0.15, 0.2) is 41.0 Å². The van der Waals surface area contributed by atoms with Gasteiger partial charge in [-0.2, -0.15) is 0 Å². The summed E-state index contributed by atoms with van der Waals surface area (Å²) >= 11 is 0. The van der Waals surface area contributed by atoms with Gasteiger partial charge in [-0.25, -0.2) is 4.98 Å². The molecule has 1 amide bonds. The highest BCUT2D eigenvalue weighted by Crippen LogP contribution is 2.10. The van der Waals surface area contributed by atoms with Gasteiger partial charge in [0.1, 0.15) is 17.3 Å². The molecule has 0 saturated heterocycles. The molecule has 4 heteroatoms. The molecule has 4 nitrogen and oxygen atoms in total. The maximum atomic E-state index is 11.7. The highest BCUT2D eigenvalue weighted by atomic mass is 16.3. The van der Waals surface area contributed by atoms with E-state index in [4.69, 9.17) is 4.42 Å². The molecule has 0 aliphatic heterocycles. The maximum Gasteiger partial charge on any atom is 0.249 e. The van der Waals surface area contributed by atoms with Crippen LogP contribution in [0.25, 0.3) is 6.08 Å². The zero-order valence-electron chi connectivity index (χ0n) is 10.3. The first kappa shape index (κ1) is 12.1. The molecule has 0 fully saturated rings. The molecule has 0 radical (unpaired) electrons. The normalized spacial score (nSPS) is 10.8. The second-order valence-corrected chi connectivity index (χ2v) is 3.94. The van der Waals surface area contributed by atoms with Crippen molar-refractivity contribution in [2.24, 2.45) is 0 Å². The Kier molecular flexibility index (Phi) is 3.57. The lowest BCUT2D eigenvalue weighted by Crippen LogP contribution is -2.10. The SMILES string of the molecule is Cc1ccc(/C=C/C(=O)Nc2ncccc2C)o1. The van der Waals surface area contributed by atoms with Crippen LogP contribution in [0.4, 0.5) is 5.82 Å². The van der Waals surface area contributed by atoms with E-state index in [2.05, 4.69) is 10.3 Å². The molecule has 1 N–H and O–H groups in total. The minimum absolute atomic E-state index is 0.231. The zero-order valence-corrected chi connectivity index (χ0v) is 10.3. The number of anilines is 1. The molecule has 0 bridgehead atoms. The average Bonchev–Trinajstić information content (AvgIpc) is 2.76. The molecular weight excluding hydrogens is 228 g/mol. The second kappa shape index (κ2) is 5.31. The van der Waals surface area contributed by atoms with Gasteiger partial charge in [-0.1, -0.05) is 6.07 Å². The fraction of sp³-hybridized carbons (Fsp3) is 0.143. The highest BCUT2D eigenvalue weighted by Gasteiger charge is 2.02. The summed E-state index contributed by atoms with van der Waals surface area (Å²) in [6, 6.07) is 7.38. The van der Waals surface area contributed by atoms with Crippen LogP contribution in [0, 0.1) is 13.8 Å². The van der Waals surface area contributed by atoms with Gasteiger partial charge in [-0.3, -0.25) is 4.79 Å². The Labute approximate surface area is 105 Å². The summed E-state index contributed by atoms with van der Waals surface area (Å²) in [5.41, 5.74) is 0.924. The van der Waals surface area contributed by atoms with Gasteiger partial charge in [0, 0.05) is 12.3 Å². The number of carbonyl (C=O) groups is 1. The van der Waals surface area contributed by atoms with Crippen LogP contribution in [0.1, 0.15) is 17.1 Å². The van der Waals surface area contributed by atoms with Gasteiger partial charge in [-0.15, -0.1) is 0 Å². The summed E-state index contributed by atoms with van der Waals surface area (Å²) in [4.78, 5) is 15.8. The number of rotatable bonds is 3. The first-order chi connectivity index (χ1) is 8.65. The molecule has 2 rings (SSSR count). The Hall–Kier alpha value is -2.36. The number of aryl methyl sites for hydroxylation is 2. The topological polar surface area (TPSA) is 55.1 Å². The Morgan fingerprint density at radius 1 is 1.33 bits per heavy atom. The monoisotopic (exact) mass is 242 g/mol. The second-order valence-electron chi connectivity index (χ2n) is 3.94. The highest BCUT2D eigenvalue weighted by molar-refractivity contribution is 6.01. The number of carbonyl (C=O) groups excluding carboxylic acids is 1. The van der Waals surface area contributed by atoms with Crippen molar-refractivity contribution < 1.29 is 9.21 Å². The van der Waals surface area contributed by atoms with Crippen molar-refractivity contribution in [3.8, 4) is 0 Å². The summed E-state index contributed by atoms with van der Waals surface area (Å²) in [7, 11) is 0. The average molecular weight is 242 g/mol. The van der Waals surface area contributed by atoms with E-state index in [1.165, 1.54) is 6.08 Å². The lowest BCUT2D eigenvalue weighted by atomic mass is 10.3. The third-order valence-corrected chi connectivity index (χ3v) is 2.41. The number of aromatic nitrogens is 1. The van der Waals surface area contributed by atoms with Crippen molar-refractivity contribution in [2.75, 3.05) is 5.32 Å². The Balaban J connectivity index is 2.01. The van der Waals surface area contributed by atoms with Crippen molar-refractivity contribution in [1.82, 2.24) is 4.98 Å². The summed E-state index contributed by atoms with van der Waals surface area (Å²) in [6.07, 6.45) is 4.69. The van der Waals surface area contributed by atoms with Crippen LogP contribution < -0.4 is 5.32 Å². The summed E-state index contributed by atoms with van der Waals surface area (Å²) in [5, 5.41) is 2.71. The number of amides is 1. The fourth-order valence-corrected chi connectivity index (χ4v) is 1.48. The molecule has 18 heavy (non-hydrogen) atoms. The predicted molar refractivity (Wildman–Crippen MR) is 70.1 cm³/mol. The van der Waals surface area contributed by atoms with Crippen LogP contribution in [-0.2, 0) is 4.79 Å². The number of nitrogens with zero attached hydrogens (tertiary/aromatic N) is 1. The molecule has 0 spiro atoms. The minimum atomic E-state index is -0.231. The number of hydrogen-bond donors (Lipinski definition) is 1. The van der Waals surface area contributed by atoms with Crippen LogP contribution in [0.3, 0.4) is 0 Å². The van der Waals surface area contributed by atoms with Crippen molar-refractivity contribution in [3.63, 3.8) is 0 Å². The largest absolute Gasteiger partial charge is 0.462 e. The lowest BCUT2D eigenvalue weighted by Gasteiger charge is -2.03. The van der Waals surface area contributed by atoms with Gasteiger partial charge in [0.25, 0.3) is 0 Å². The first-order valence-electron chi connectivity index (χ1n) is 5.62. The Bertz CT molecular complexity index is 585. The minimum Gasteiger partial charge on any atom is -0.462 e. The number of furan rings is 1. The molecule has 92 valence electrons. The first-order valence-corrected chi connectivity index (χ1v) is 5.62. The van der Waals surface area contributed by atoms with Gasteiger partial charge in [0.15, 0.2) is 0 Å². The third-order valence-electron chi connectivity index (χ3n) is 2.41. The maximum absolute atomic E-state index is 11.7. The van der Waals surface area contributed by atoms with E-state index in [0.717, 1.165) is 11.3 Å². The Morgan fingerprint density at radius 3 is 2.83 bits per heavy atom. The molecule has 2 heterocycles. The van der Waals surface area contributed by atoms with E-state index in [9.17, 15) is 4.79 Å². The van der Waals surface area contributed by atoms with E-state index in [1.54, 1.807) is 12.3 Å². The van der Waals surface area contributed by atoms with Crippen LogP contribution >= 0.6 is 0 Å². The number of nitrogens with one attached hydrogen (secondary N) is 1. The van der Waals surface area contributed by atoms with Crippen molar-refractivity contribution in [1.29, 1.82) is 0 Å². The molecule has 0 unspecified atom stereocenters. The van der Waals surface area contributed by atoms with E-state index in [0.29, 0.717) is 11.6 Å². The molecule has 0 atom stereocenters. The van der Waals surface area contributed by atoms with Gasteiger partial charge in [0.2, 0.25) is 5.91 Å². The molecule has 2 aromatic rings. The molecular formula is C14H14N2O2. The molecule has 2 aromatic heterocycles. The third kappa shape index (κ3) is 3.07. The lowest BCUT2D eigenvalue weighted by molar-refractivity contribution is -0.111. The van der Waals surface area contributed by atoms with Crippen molar-refractivity contribution in [3.05, 3.63) is 53.6 Å². The number of pyridine rings is 1. The van der Waals surface area contributed by atoms with Gasteiger partial charge in [0.05, 0.1) is 0 Å². The molecule has 0 aromatic carbocycles. The van der Waals surface area contributed by atoms with Gasteiger partial charge in [-0.05, 0) is 43.7 Å². The smallest absolute Gasteiger partial charge is 0.249 e. The van der Waals surface area contributed by atoms with Crippen LogP contribution in [0.2, 0.25) is 0 Å². The van der Waals surface area contributed by atoms with E-state index in [1.807, 2.05) is 38.1 Å². The van der Waals surface area contributed by atoms with Crippen molar-refractivity contribution >= 4 is 17.8 Å². The molecule has 0 aliphatic carbocycles. The van der Waals surface area contributed by atoms with Crippen molar-refractivity contribution in [2.45, 2.75) is 13.8 Å². The van der Waals surface area contributed by atoms with E-state index >= 15 is 0 Å². The number of hydrogen-bond acceptors (Lipinski definition) is 3. The predicted octanol–water partition coefficient (Wildman–Crippen LogP) is 2.94. The molecule has 0 aliphatic rings. The fourth-order valence-electron chi connectivity index (χ4n) is 1.48. The van der Waals surface area contributed by atoms with Gasteiger partial charge < -0.3 is 9.73 Å². The summed E-state index contributed by atoms with van der Waals surface area (Å²) in [5.74, 6) is 1.81. The van der Waals surface area contributed by atoms with Crippen LogP contribution in [-0.4, -0.2) is 10.9 Å². The summed E-state index contributed by atoms with van der Waals surface area (Å²) < 4.78 is 5.33. The van der Waals surface area contributed by atoms with Crippen LogP contribution in [0.5, 0.6) is 0 Å². The van der Waals surface area contributed by atoms with E-state index in [-0.39, 0.29) is 5.91 Å². The van der Waals surface area contributed by atoms with Gasteiger partial charge >= 0.3 is 0 Å². The standard InChI is InChI=1S/C14H14N2O2/c1-10-4-3-9-15-14(10)16-13(17)8-7-12-6-5-11(2)18-12/h3-9H,1-2H3,(H,15,16,17)/b8-7+. The molecule has 0 saturated carbocycles. The zero-order chi connectivity index (χ0) is 13.0. The summed E-state index contributed by atoms with van der Waals surface area (Å²) in [6.45, 7) is 3.75. The van der Waals surface area contributed by atoms with E-state index < -0.39 is 0 Å². The Morgan fingerprint density at radius 2 is 2.17 bits per heavy atom. The quantitative estimate of drug-likeness (QED) is 0.842.